The van der Waals surface area contributed by atoms with Crippen molar-refractivity contribution in [2.75, 3.05) is 0 Å². The fourth-order valence-corrected chi connectivity index (χ4v) is 9.08. The number of nitrogens with zero attached hydrogens (tertiary/aromatic N) is 4. The van der Waals surface area contributed by atoms with Crippen molar-refractivity contribution in [2.24, 2.45) is 0 Å². The van der Waals surface area contributed by atoms with Gasteiger partial charge in [-0.2, -0.15) is 0 Å². The van der Waals surface area contributed by atoms with Gasteiger partial charge in [-0.15, -0.1) is 11.3 Å². The highest BCUT2D eigenvalue weighted by atomic mass is 32.1. The molecular formula is C47H28N4OS. The number of benzene rings is 7. The molecule has 2 aliphatic rings. The molecule has 53 heavy (non-hydrogen) atoms. The second kappa shape index (κ2) is 11.6. The first-order chi connectivity index (χ1) is 26.2. The number of para-hydroxylation sites is 3. The summed E-state index contributed by atoms with van der Waals surface area (Å²) >= 11 is 1.72. The second-order valence-electron chi connectivity index (χ2n) is 13.4. The van der Waals surface area contributed by atoms with Crippen molar-refractivity contribution in [1.82, 2.24) is 19.9 Å². The molecular weight excluding hydrogens is 669 g/mol. The normalized spacial score (nSPS) is 13.2. The van der Waals surface area contributed by atoms with Crippen molar-refractivity contribution in [1.29, 1.82) is 0 Å². The summed E-state index contributed by atoms with van der Waals surface area (Å²) in [6, 6.07) is 59.0. The van der Waals surface area contributed by atoms with E-state index in [4.69, 9.17) is 24.7 Å². The highest BCUT2D eigenvalue weighted by molar-refractivity contribution is 7.21. The molecule has 3 heterocycles. The average Bonchev–Trinajstić information content (AvgIpc) is 3.79. The molecule has 0 amide bonds. The van der Waals surface area contributed by atoms with Crippen molar-refractivity contribution >= 4 is 21.6 Å². The number of ether oxygens (including phenoxy) is 1. The van der Waals surface area contributed by atoms with E-state index in [-0.39, 0.29) is 0 Å². The first kappa shape index (κ1) is 29.9. The van der Waals surface area contributed by atoms with E-state index in [1.807, 2.05) is 78.9 Å². The van der Waals surface area contributed by atoms with Gasteiger partial charge >= 0.3 is 0 Å². The van der Waals surface area contributed by atoms with E-state index < -0.39 is 5.41 Å². The van der Waals surface area contributed by atoms with Gasteiger partial charge in [0.1, 0.15) is 16.5 Å². The summed E-state index contributed by atoms with van der Waals surface area (Å²) in [5, 5.41) is 0.998. The molecule has 0 N–H and O–H groups in total. The molecule has 7 aromatic carbocycles. The Morgan fingerprint density at radius 3 is 1.49 bits per heavy atom. The molecule has 248 valence electrons. The molecule has 0 atom stereocenters. The predicted molar refractivity (Wildman–Crippen MR) is 212 cm³/mol. The van der Waals surface area contributed by atoms with E-state index in [9.17, 15) is 0 Å². The van der Waals surface area contributed by atoms with Crippen LogP contribution in [0, 0.1) is 0 Å². The lowest BCUT2D eigenvalue weighted by molar-refractivity contribution is 0.436. The van der Waals surface area contributed by atoms with Gasteiger partial charge in [0.05, 0.1) is 15.6 Å². The van der Waals surface area contributed by atoms with Gasteiger partial charge < -0.3 is 4.74 Å². The molecule has 1 spiro atoms. The third kappa shape index (κ3) is 4.56. The van der Waals surface area contributed by atoms with Crippen molar-refractivity contribution in [3.63, 3.8) is 0 Å². The molecule has 1 aliphatic carbocycles. The van der Waals surface area contributed by atoms with Crippen LogP contribution in [-0.2, 0) is 5.41 Å². The minimum atomic E-state index is -0.593. The third-order valence-electron chi connectivity index (χ3n) is 10.4. The van der Waals surface area contributed by atoms with Crippen LogP contribution in [0.25, 0.3) is 66.1 Å². The Bertz CT molecular complexity index is 2750. The summed E-state index contributed by atoms with van der Waals surface area (Å²) in [6.07, 6.45) is 0. The maximum Gasteiger partial charge on any atom is 0.164 e. The largest absolute Gasteiger partial charge is 0.457 e. The van der Waals surface area contributed by atoms with Crippen LogP contribution in [0.4, 0.5) is 0 Å². The summed E-state index contributed by atoms with van der Waals surface area (Å²) in [5.74, 6) is 3.62. The van der Waals surface area contributed by atoms with Crippen LogP contribution in [-0.4, -0.2) is 19.9 Å². The minimum absolute atomic E-state index is 0.593. The molecule has 0 fully saturated rings. The topological polar surface area (TPSA) is 60.8 Å². The van der Waals surface area contributed by atoms with Gasteiger partial charge in [0.2, 0.25) is 0 Å². The van der Waals surface area contributed by atoms with Crippen molar-refractivity contribution < 1.29 is 4.74 Å². The zero-order valence-corrected chi connectivity index (χ0v) is 29.1. The molecule has 0 saturated heterocycles. The van der Waals surface area contributed by atoms with Crippen molar-refractivity contribution in [3.05, 3.63) is 192 Å². The smallest absolute Gasteiger partial charge is 0.164 e. The van der Waals surface area contributed by atoms with Gasteiger partial charge in [0.25, 0.3) is 0 Å². The van der Waals surface area contributed by atoms with Gasteiger partial charge in [-0.05, 0) is 58.7 Å². The van der Waals surface area contributed by atoms with E-state index in [1.54, 1.807) is 11.3 Å². The van der Waals surface area contributed by atoms with E-state index in [2.05, 4.69) is 91.0 Å². The van der Waals surface area contributed by atoms with Crippen LogP contribution in [0.1, 0.15) is 22.3 Å². The Labute approximate surface area is 309 Å². The number of rotatable bonds is 4. The molecule has 0 saturated carbocycles. The van der Waals surface area contributed by atoms with Crippen LogP contribution in [0.15, 0.2) is 170 Å². The maximum absolute atomic E-state index is 6.59. The molecule has 11 rings (SSSR count). The highest BCUT2D eigenvalue weighted by Gasteiger charge is 2.51. The van der Waals surface area contributed by atoms with Gasteiger partial charge in [0, 0.05) is 33.4 Å². The Kier molecular flexibility index (Phi) is 6.57. The Morgan fingerprint density at radius 1 is 0.396 bits per heavy atom. The fraction of sp³-hybridized carbons (Fsp3) is 0.0213. The molecule has 6 heteroatoms. The van der Waals surface area contributed by atoms with E-state index >= 15 is 0 Å². The van der Waals surface area contributed by atoms with E-state index in [0.717, 1.165) is 66.5 Å². The van der Waals surface area contributed by atoms with Crippen LogP contribution < -0.4 is 4.74 Å². The molecule has 5 nitrogen and oxygen atoms in total. The minimum Gasteiger partial charge on any atom is -0.457 e. The molecule has 9 aromatic rings. The number of thiazole rings is 1. The third-order valence-corrected chi connectivity index (χ3v) is 11.5. The van der Waals surface area contributed by atoms with Gasteiger partial charge in [-0.25, -0.2) is 19.9 Å². The molecule has 0 bridgehead atoms. The first-order valence-corrected chi connectivity index (χ1v) is 18.5. The van der Waals surface area contributed by atoms with Crippen molar-refractivity contribution in [2.45, 2.75) is 5.41 Å². The molecule has 2 aromatic heterocycles. The van der Waals surface area contributed by atoms with Gasteiger partial charge in [-0.3, -0.25) is 0 Å². The molecule has 0 radical (unpaired) electrons. The SMILES string of the molecule is c1ccc(-c2nc(-c3ccccc3)nc(-c3ccc4c(c3)-c3cc(-c5nc6ccccc6s5)ccc3C43c4ccccc4Oc4ccccc43)n2)cc1. The lowest BCUT2D eigenvalue weighted by atomic mass is 9.66. The van der Waals surface area contributed by atoms with Crippen LogP contribution >= 0.6 is 11.3 Å². The summed E-state index contributed by atoms with van der Waals surface area (Å²) in [6.45, 7) is 0. The standard InChI is InChI=1S/C47H28N4OS/c1-3-13-29(14-4-1)43-49-44(30-15-5-2-6-16-30)51-45(50-43)31-23-25-35-33(27-31)34-28-32(46-48-39-19-9-12-22-42(39)53-46)24-26-36(34)47(35)37-17-7-10-20-40(37)52-41-21-11-8-18-38(41)47/h1-28H. The summed E-state index contributed by atoms with van der Waals surface area (Å²) < 4.78 is 7.76. The van der Waals surface area contributed by atoms with E-state index in [1.165, 1.54) is 15.8 Å². The monoisotopic (exact) mass is 696 g/mol. The molecule has 1 aliphatic heterocycles. The number of hydrogen-bond acceptors (Lipinski definition) is 6. The van der Waals surface area contributed by atoms with Crippen molar-refractivity contribution in [3.8, 4) is 67.4 Å². The van der Waals surface area contributed by atoms with Gasteiger partial charge in [-0.1, -0.05) is 133 Å². The Morgan fingerprint density at radius 2 is 0.887 bits per heavy atom. The Hall–Kier alpha value is -6.76. The van der Waals surface area contributed by atoms with Crippen LogP contribution in [0.5, 0.6) is 11.5 Å². The van der Waals surface area contributed by atoms with Gasteiger partial charge in [0.15, 0.2) is 17.5 Å². The highest BCUT2D eigenvalue weighted by Crippen LogP contribution is 2.62. The number of hydrogen-bond donors (Lipinski definition) is 0. The zero-order chi connectivity index (χ0) is 34.9. The van der Waals surface area contributed by atoms with Crippen LogP contribution in [0.3, 0.4) is 0 Å². The fourth-order valence-electron chi connectivity index (χ4n) is 8.11. The average molecular weight is 697 g/mol. The zero-order valence-electron chi connectivity index (χ0n) is 28.3. The lowest BCUT2D eigenvalue weighted by Crippen LogP contribution is -2.32. The molecule has 0 unspecified atom stereocenters. The predicted octanol–water partition coefficient (Wildman–Crippen LogP) is 11.6. The summed E-state index contributed by atoms with van der Waals surface area (Å²) in [4.78, 5) is 20.2. The van der Waals surface area contributed by atoms with E-state index in [0.29, 0.717) is 17.5 Å². The second-order valence-corrected chi connectivity index (χ2v) is 14.4. The lowest BCUT2D eigenvalue weighted by Gasteiger charge is -2.39. The number of aromatic nitrogens is 4. The first-order valence-electron chi connectivity index (χ1n) is 17.6. The summed E-state index contributed by atoms with van der Waals surface area (Å²) in [7, 11) is 0. The Balaban J connectivity index is 1.18. The van der Waals surface area contributed by atoms with Crippen LogP contribution in [0.2, 0.25) is 0 Å². The quantitative estimate of drug-likeness (QED) is 0.183. The number of fused-ring (bicyclic) bond motifs is 10. The maximum atomic E-state index is 6.59. The summed E-state index contributed by atoms with van der Waals surface area (Å²) in [5.41, 5.74) is 11.2.